The number of hydrogen-bond donors (Lipinski definition) is 1. The van der Waals surface area contributed by atoms with Crippen LogP contribution in [0, 0.1) is 5.92 Å². The van der Waals surface area contributed by atoms with Crippen LogP contribution in [0.4, 0.5) is 0 Å². The maximum absolute atomic E-state index is 5.08. The highest BCUT2D eigenvalue weighted by atomic mass is 16.5. The molecule has 1 N–H and O–H groups in total. The van der Waals surface area contributed by atoms with Crippen molar-refractivity contribution in [2.24, 2.45) is 5.92 Å². The number of aryl methyl sites for hydroxylation is 1. The van der Waals surface area contributed by atoms with Crippen molar-refractivity contribution in [1.82, 2.24) is 9.88 Å². The van der Waals surface area contributed by atoms with Crippen molar-refractivity contribution in [2.45, 2.75) is 33.4 Å². The highest BCUT2D eigenvalue weighted by molar-refractivity contribution is 5.81. The van der Waals surface area contributed by atoms with Crippen molar-refractivity contribution in [3.63, 3.8) is 0 Å². The zero-order valence-electron chi connectivity index (χ0n) is 12.9. The van der Waals surface area contributed by atoms with Crippen LogP contribution in [0.15, 0.2) is 30.3 Å². The molecule has 1 aromatic carbocycles. The molecule has 1 aromatic heterocycles. The molecule has 0 fully saturated rings. The number of benzene rings is 1. The Bertz CT molecular complexity index is 531. The van der Waals surface area contributed by atoms with E-state index in [0.29, 0.717) is 0 Å². The van der Waals surface area contributed by atoms with Crippen LogP contribution in [0.25, 0.3) is 10.9 Å². The number of para-hydroxylation sites is 1. The van der Waals surface area contributed by atoms with E-state index in [2.05, 4.69) is 54.1 Å². The molecule has 0 saturated heterocycles. The van der Waals surface area contributed by atoms with Crippen molar-refractivity contribution < 1.29 is 4.74 Å². The van der Waals surface area contributed by atoms with Crippen molar-refractivity contribution in [1.29, 1.82) is 0 Å². The van der Waals surface area contributed by atoms with Gasteiger partial charge in [0.1, 0.15) is 0 Å². The lowest BCUT2D eigenvalue weighted by Crippen LogP contribution is -2.20. The molecule has 0 saturated carbocycles. The fraction of sp³-hybridized carbons (Fsp3) is 0.529. The summed E-state index contributed by atoms with van der Waals surface area (Å²) in [5.41, 5.74) is 2.71. The minimum absolute atomic E-state index is 0.727. The Balaban J connectivity index is 2.15. The van der Waals surface area contributed by atoms with E-state index in [1.54, 1.807) is 7.11 Å². The lowest BCUT2D eigenvalue weighted by atomic mass is 10.1. The maximum Gasteiger partial charge on any atom is 0.0587 e. The standard InChI is InChI=1S/C17H26N2O/c1-14(2)8-10-19-16(13-18-9-11-20-3)12-15-6-4-5-7-17(15)19/h4-7,12,14,18H,8-11,13H2,1-3H3. The van der Waals surface area contributed by atoms with Gasteiger partial charge in [-0.25, -0.2) is 0 Å². The zero-order valence-corrected chi connectivity index (χ0v) is 12.9. The summed E-state index contributed by atoms with van der Waals surface area (Å²) in [5.74, 6) is 0.727. The van der Waals surface area contributed by atoms with Gasteiger partial charge in [0.15, 0.2) is 0 Å². The molecule has 0 atom stereocenters. The van der Waals surface area contributed by atoms with Crippen molar-refractivity contribution >= 4 is 10.9 Å². The van der Waals surface area contributed by atoms with Gasteiger partial charge in [0.25, 0.3) is 0 Å². The second kappa shape index (κ2) is 7.46. The van der Waals surface area contributed by atoms with E-state index in [1.807, 2.05) is 0 Å². The largest absolute Gasteiger partial charge is 0.383 e. The molecule has 0 radical (unpaired) electrons. The summed E-state index contributed by atoms with van der Waals surface area (Å²) in [4.78, 5) is 0. The van der Waals surface area contributed by atoms with E-state index in [0.717, 1.165) is 32.2 Å². The molecule has 3 heteroatoms. The van der Waals surface area contributed by atoms with Gasteiger partial charge in [-0.15, -0.1) is 0 Å². The molecule has 110 valence electrons. The van der Waals surface area contributed by atoms with Crippen LogP contribution < -0.4 is 5.32 Å². The van der Waals surface area contributed by atoms with Crippen molar-refractivity contribution in [3.05, 3.63) is 36.0 Å². The van der Waals surface area contributed by atoms with Gasteiger partial charge in [-0.1, -0.05) is 32.0 Å². The Morgan fingerprint density at radius 3 is 2.80 bits per heavy atom. The molecule has 0 bridgehead atoms. The first-order chi connectivity index (χ1) is 9.72. The smallest absolute Gasteiger partial charge is 0.0587 e. The van der Waals surface area contributed by atoms with Gasteiger partial charge in [-0.2, -0.15) is 0 Å². The monoisotopic (exact) mass is 274 g/mol. The third-order valence-corrected chi connectivity index (χ3v) is 3.62. The van der Waals surface area contributed by atoms with Gasteiger partial charge in [0.05, 0.1) is 6.61 Å². The highest BCUT2D eigenvalue weighted by Crippen LogP contribution is 2.21. The molecule has 0 amide bonds. The first-order valence-electron chi connectivity index (χ1n) is 7.49. The number of methoxy groups -OCH3 is 1. The van der Waals surface area contributed by atoms with Gasteiger partial charge in [-0.3, -0.25) is 0 Å². The Labute approximate surface area is 121 Å². The number of rotatable bonds is 8. The van der Waals surface area contributed by atoms with Gasteiger partial charge in [0, 0.05) is 38.0 Å². The first-order valence-corrected chi connectivity index (χ1v) is 7.49. The quantitative estimate of drug-likeness (QED) is 0.746. The normalized spacial score (nSPS) is 11.6. The molecule has 2 aromatic rings. The number of fused-ring (bicyclic) bond motifs is 1. The Kier molecular flexibility index (Phi) is 5.62. The van der Waals surface area contributed by atoms with E-state index in [4.69, 9.17) is 4.74 Å². The fourth-order valence-electron chi connectivity index (χ4n) is 2.46. The molecule has 3 nitrogen and oxygen atoms in total. The third kappa shape index (κ3) is 3.84. The van der Waals surface area contributed by atoms with Gasteiger partial charge in [0.2, 0.25) is 0 Å². The van der Waals surface area contributed by atoms with E-state index in [-0.39, 0.29) is 0 Å². The van der Waals surface area contributed by atoms with Crippen LogP contribution >= 0.6 is 0 Å². The molecule has 1 heterocycles. The van der Waals surface area contributed by atoms with Gasteiger partial charge < -0.3 is 14.6 Å². The van der Waals surface area contributed by atoms with E-state index in [1.165, 1.54) is 23.0 Å². The molecule has 2 rings (SSSR count). The SMILES string of the molecule is COCCNCc1cc2ccccc2n1CCC(C)C. The fourth-order valence-corrected chi connectivity index (χ4v) is 2.46. The van der Waals surface area contributed by atoms with Crippen LogP contribution in [0.2, 0.25) is 0 Å². The number of nitrogens with zero attached hydrogens (tertiary/aromatic N) is 1. The molecule has 0 unspecified atom stereocenters. The van der Waals surface area contributed by atoms with E-state index in [9.17, 15) is 0 Å². The first kappa shape index (κ1) is 15.1. The summed E-state index contributed by atoms with van der Waals surface area (Å²) in [6, 6.07) is 10.9. The van der Waals surface area contributed by atoms with E-state index >= 15 is 0 Å². The Hall–Kier alpha value is -1.32. The van der Waals surface area contributed by atoms with Crippen molar-refractivity contribution in [2.75, 3.05) is 20.3 Å². The Morgan fingerprint density at radius 1 is 1.25 bits per heavy atom. The molecular weight excluding hydrogens is 248 g/mol. The molecule has 20 heavy (non-hydrogen) atoms. The molecule has 0 aliphatic heterocycles. The van der Waals surface area contributed by atoms with Crippen LogP contribution in [0.5, 0.6) is 0 Å². The van der Waals surface area contributed by atoms with Crippen LogP contribution in [-0.4, -0.2) is 24.8 Å². The minimum atomic E-state index is 0.727. The molecule has 0 aliphatic rings. The predicted molar refractivity (Wildman–Crippen MR) is 85.0 cm³/mol. The number of aromatic nitrogens is 1. The average Bonchev–Trinajstić information content (AvgIpc) is 2.79. The second-order valence-corrected chi connectivity index (χ2v) is 5.70. The Morgan fingerprint density at radius 2 is 2.05 bits per heavy atom. The van der Waals surface area contributed by atoms with Crippen LogP contribution in [0.1, 0.15) is 26.0 Å². The predicted octanol–water partition coefficient (Wildman–Crippen LogP) is 3.42. The zero-order chi connectivity index (χ0) is 14.4. The van der Waals surface area contributed by atoms with Crippen molar-refractivity contribution in [3.8, 4) is 0 Å². The topological polar surface area (TPSA) is 26.2 Å². The molecular formula is C17H26N2O. The summed E-state index contributed by atoms with van der Waals surface area (Å²) >= 11 is 0. The lowest BCUT2D eigenvalue weighted by Gasteiger charge is -2.13. The molecule has 0 spiro atoms. The van der Waals surface area contributed by atoms with Gasteiger partial charge in [-0.05, 0) is 29.9 Å². The third-order valence-electron chi connectivity index (χ3n) is 3.62. The van der Waals surface area contributed by atoms with Gasteiger partial charge >= 0.3 is 0 Å². The lowest BCUT2D eigenvalue weighted by molar-refractivity contribution is 0.199. The number of hydrogen-bond acceptors (Lipinski definition) is 2. The highest BCUT2D eigenvalue weighted by Gasteiger charge is 2.08. The van der Waals surface area contributed by atoms with Crippen LogP contribution in [0.3, 0.4) is 0 Å². The second-order valence-electron chi connectivity index (χ2n) is 5.70. The summed E-state index contributed by atoms with van der Waals surface area (Å²) in [6.07, 6.45) is 1.21. The average molecular weight is 274 g/mol. The number of nitrogens with one attached hydrogen (secondary N) is 1. The summed E-state index contributed by atoms with van der Waals surface area (Å²) in [7, 11) is 1.74. The summed E-state index contributed by atoms with van der Waals surface area (Å²) in [5, 5.41) is 4.78. The minimum Gasteiger partial charge on any atom is -0.383 e. The van der Waals surface area contributed by atoms with Crippen LogP contribution in [-0.2, 0) is 17.8 Å². The molecule has 0 aliphatic carbocycles. The number of ether oxygens (including phenoxy) is 1. The maximum atomic E-state index is 5.08. The van der Waals surface area contributed by atoms with E-state index < -0.39 is 0 Å². The summed E-state index contributed by atoms with van der Waals surface area (Å²) < 4.78 is 7.53. The summed E-state index contributed by atoms with van der Waals surface area (Å²) in [6.45, 7) is 8.20.